The molecule has 0 amide bonds. The van der Waals surface area contributed by atoms with Crippen molar-refractivity contribution in [2.75, 3.05) is 20.1 Å². The van der Waals surface area contributed by atoms with Gasteiger partial charge in [-0.25, -0.2) is 0 Å². The van der Waals surface area contributed by atoms with Crippen LogP contribution in [0.25, 0.3) is 0 Å². The van der Waals surface area contributed by atoms with E-state index < -0.39 is 10.2 Å². The molecule has 0 bridgehead atoms. The van der Waals surface area contributed by atoms with Gasteiger partial charge in [-0.1, -0.05) is 29.8 Å². The normalized spacial score (nSPS) is 12.0. The topological polar surface area (TPSA) is 75.4 Å². The fourth-order valence-corrected chi connectivity index (χ4v) is 2.49. The highest BCUT2D eigenvalue weighted by Gasteiger charge is 2.16. The monoisotopic (exact) mass is 291 g/mol. The lowest BCUT2D eigenvalue weighted by atomic mass is 10.2. The Bertz CT molecular complexity index is 479. The Morgan fingerprint density at radius 2 is 2.06 bits per heavy atom. The van der Waals surface area contributed by atoms with Crippen molar-refractivity contribution in [3.8, 4) is 0 Å². The molecule has 0 saturated carbocycles. The molecule has 0 aliphatic heterocycles. The van der Waals surface area contributed by atoms with Gasteiger partial charge in [0.15, 0.2) is 0 Å². The Morgan fingerprint density at radius 1 is 1.39 bits per heavy atom. The van der Waals surface area contributed by atoms with Crippen molar-refractivity contribution in [2.24, 2.45) is 5.73 Å². The van der Waals surface area contributed by atoms with E-state index in [9.17, 15) is 8.42 Å². The zero-order chi connectivity index (χ0) is 13.6. The minimum absolute atomic E-state index is 0.176. The highest BCUT2D eigenvalue weighted by molar-refractivity contribution is 7.87. The molecule has 0 atom stereocenters. The third kappa shape index (κ3) is 4.55. The van der Waals surface area contributed by atoms with Crippen LogP contribution >= 0.6 is 11.6 Å². The summed E-state index contributed by atoms with van der Waals surface area (Å²) in [6, 6.07) is 7.12. The molecule has 0 heterocycles. The number of nitrogens with two attached hydrogens (primary N) is 1. The Kier molecular flexibility index (Phi) is 6.04. The smallest absolute Gasteiger partial charge is 0.279 e. The molecule has 1 rings (SSSR count). The summed E-state index contributed by atoms with van der Waals surface area (Å²) in [5.74, 6) is 0. The molecule has 1 aromatic rings. The first-order valence-electron chi connectivity index (χ1n) is 5.62. The van der Waals surface area contributed by atoms with Crippen molar-refractivity contribution in [2.45, 2.75) is 13.0 Å². The Hall–Kier alpha value is -0.660. The van der Waals surface area contributed by atoms with Gasteiger partial charge in [0.1, 0.15) is 0 Å². The van der Waals surface area contributed by atoms with Gasteiger partial charge in [0.25, 0.3) is 10.2 Å². The highest BCUT2D eigenvalue weighted by Crippen LogP contribution is 2.14. The molecule has 0 aliphatic carbocycles. The Balaban J connectivity index is 2.59. The second-order valence-corrected chi connectivity index (χ2v) is 6.15. The van der Waals surface area contributed by atoms with Crippen molar-refractivity contribution in [1.29, 1.82) is 0 Å². The molecule has 18 heavy (non-hydrogen) atoms. The summed E-state index contributed by atoms with van der Waals surface area (Å²) in [5.41, 5.74) is 6.09. The Morgan fingerprint density at radius 3 is 2.67 bits per heavy atom. The molecule has 0 unspecified atom stereocenters. The first-order valence-corrected chi connectivity index (χ1v) is 7.43. The lowest BCUT2D eigenvalue weighted by Crippen LogP contribution is -2.38. The summed E-state index contributed by atoms with van der Waals surface area (Å²) in [4.78, 5) is 0. The van der Waals surface area contributed by atoms with Gasteiger partial charge in [0.05, 0.1) is 0 Å². The molecule has 7 heteroatoms. The number of nitrogens with zero attached hydrogens (tertiary/aromatic N) is 1. The zero-order valence-electron chi connectivity index (χ0n) is 10.3. The fourth-order valence-electron chi connectivity index (χ4n) is 1.36. The maximum Gasteiger partial charge on any atom is 0.279 e. The minimum Gasteiger partial charge on any atom is -0.330 e. The van der Waals surface area contributed by atoms with Crippen LogP contribution in [0, 0.1) is 0 Å². The number of nitrogens with one attached hydrogen (secondary N) is 1. The maximum atomic E-state index is 11.9. The van der Waals surface area contributed by atoms with Gasteiger partial charge in [-0.05, 0) is 24.6 Å². The van der Waals surface area contributed by atoms with E-state index in [0.717, 1.165) is 5.56 Å². The van der Waals surface area contributed by atoms with Crippen LogP contribution in [0.2, 0.25) is 5.02 Å². The largest absolute Gasteiger partial charge is 0.330 e. The van der Waals surface area contributed by atoms with Gasteiger partial charge < -0.3 is 5.73 Å². The number of benzene rings is 1. The molecule has 1 aromatic carbocycles. The molecule has 0 aliphatic rings. The van der Waals surface area contributed by atoms with E-state index in [2.05, 4.69) is 4.72 Å². The molecule has 0 fully saturated rings. The van der Waals surface area contributed by atoms with Crippen LogP contribution in [0.3, 0.4) is 0 Å². The van der Waals surface area contributed by atoms with Gasteiger partial charge >= 0.3 is 0 Å². The molecule has 0 spiro atoms. The van der Waals surface area contributed by atoms with Gasteiger partial charge in [0.2, 0.25) is 0 Å². The summed E-state index contributed by atoms with van der Waals surface area (Å²) in [6.45, 7) is 1.04. The maximum absolute atomic E-state index is 11.9. The fraction of sp³-hybridized carbons (Fsp3) is 0.455. The predicted molar refractivity (Wildman–Crippen MR) is 73.5 cm³/mol. The molecule has 5 nitrogen and oxygen atoms in total. The number of hydrogen-bond acceptors (Lipinski definition) is 3. The van der Waals surface area contributed by atoms with Crippen LogP contribution in [0.1, 0.15) is 12.0 Å². The molecule has 0 aromatic heterocycles. The predicted octanol–water partition coefficient (Wildman–Crippen LogP) is 0.955. The van der Waals surface area contributed by atoms with Crippen LogP contribution in [0.5, 0.6) is 0 Å². The van der Waals surface area contributed by atoms with Crippen molar-refractivity contribution < 1.29 is 8.42 Å². The molecule has 102 valence electrons. The van der Waals surface area contributed by atoms with Crippen LogP contribution < -0.4 is 10.5 Å². The number of rotatable bonds is 7. The second-order valence-electron chi connectivity index (χ2n) is 3.88. The summed E-state index contributed by atoms with van der Waals surface area (Å²) >= 11 is 5.95. The van der Waals surface area contributed by atoms with Crippen LogP contribution in [-0.4, -0.2) is 32.9 Å². The first-order chi connectivity index (χ1) is 8.47. The summed E-state index contributed by atoms with van der Waals surface area (Å²) < 4.78 is 27.4. The van der Waals surface area contributed by atoms with Gasteiger partial charge in [0, 0.05) is 25.2 Å². The third-order valence-electron chi connectivity index (χ3n) is 2.49. The van der Waals surface area contributed by atoms with Crippen molar-refractivity contribution in [3.63, 3.8) is 0 Å². The van der Waals surface area contributed by atoms with E-state index in [1.165, 1.54) is 11.4 Å². The van der Waals surface area contributed by atoms with Crippen molar-refractivity contribution in [1.82, 2.24) is 9.03 Å². The molecular weight excluding hydrogens is 274 g/mol. The van der Waals surface area contributed by atoms with E-state index in [4.69, 9.17) is 17.3 Å². The van der Waals surface area contributed by atoms with E-state index in [-0.39, 0.29) is 6.54 Å². The van der Waals surface area contributed by atoms with Crippen LogP contribution in [0.4, 0.5) is 0 Å². The summed E-state index contributed by atoms with van der Waals surface area (Å²) in [5, 5.41) is 0.546. The quantitative estimate of drug-likeness (QED) is 0.785. The average molecular weight is 292 g/mol. The first kappa shape index (κ1) is 15.4. The van der Waals surface area contributed by atoms with Crippen molar-refractivity contribution in [3.05, 3.63) is 34.9 Å². The molecule has 0 radical (unpaired) electrons. The minimum atomic E-state index is -3.48. The lowest BCUT2D eigenvalue weighted by molar-refractivity contribution is 0.452. The van der Waals surface area contributed by atoms with Crippen LogP contribution in [-0.2, 0) is 16.8 Å². The number of hydrogen-bond donors (Lipinski definition) is 2. The van der Waals surface area contributed by atoms with Gasteiger partial charge in [-0.2, -0.15) is 17.4 Å². The second kappa shape index (κ2) is 7.06. The van der Waals surface area contributed by atoms with Gasteiger partial charge in [-0.3, -0.25) is 0 Å². The van der Waals surface area contributed by atoms with Gasteiger partial charge in [-0.15, -0.1) is 0 Å². The van der Waals surface area contributed by atoms with E-state index in [0.29, 0.717) is 24.5 Å². The van der Waals surface area contributed by atoms with E-state index >= 15 is 0 Å². The van der Waals surface area contributed by atoms with Crippen LogP contribution in [0.15, 0.2) is 24.3 Å². The van der Waals surface area contributed by atoms with Crippen molar-refractivity contribution >= 4 is 21.8 Å². The van der Waals surface area contributed by atoms with E-state index in [1.807, 2.05) is 6.07 Å². The standard InChI is InChI=1S/C11H18ClN3O2S/c1-15(8-4-7-13)18(16,17)14-9-10-5-2-3-6-11(10)12/h2-3,5-6,14H,4,7-9,13H2,1H3. The summed E-state index contributed by atoms with van der Waals surface area (Å²) in [6.07, 6.45) is 0.628. The molecular formula is C11H18ClN3O2S. The lowest BCUT2D eigenvalue weighted by Gasteiger charge is -2.17. The molecule has 0 saturated heterocycles. The average Bonchev–Trinajstić information content (AvgIpc) is 2.35. The SMILES string of the molecule is CN(CCCN)S(=O)(=O)NCc1ccccc1Cl. The summed E-state index contributed by atoms with van der Waals surface area (Å²) in [7, 11) is -1.96. The Labute approximate surface area is 113 Å². The molecule has 3 N–H and O–H groups in total. The highest BCUT2D eigenvalue weighted by atomic mass is 35.5. The number of halogens is 1. The zero-order valence-corrected chi connectivity index (χ0v) is 11.8. The third-order valence-corrected chi connectivity index (χ3v) is 4.37. The van der Waals surface area contributed by atoms with E-state index in [1.54, 1.807) is 18.2 Å².